The number of nitrogens with zero attached hydrogens (tertiary/aromatic N) is 4. The van der Waals surface area contributed by atoms with E-state index in [2.05, 4.69) is 31.4 Å². The second-order valence-electron chi connectivity index (χ2n) is 12.1. The lowest BCUT2D eigenvalue weighted by Crippen LogP contribution is -2.36. The number of halogens is 2. The number of rotatable bonds is 11. The van der Waals surface area contributed by atoms with Gasteiger partial charge in [0.05, 0.1) is 27.6 Å². The molecule has 4 aromatic rings. The lowest BCUT2D eigenvalue weighted by Gasteiger charge is -2.25. The fourth-order valence-electron chi connectivity index (χ4n) is 6.66. The van der Waals surface area contributed by atoms with E-state index in [1.807, 2.05) is 57.3 Å². The maximum atomic E-state index is 12.0. The van der Waals surface area contributed by atoms with Crippen LogP contribution < -0.4 is 10.6 Å². The van der Waals surface area contributed by atoms with Gasteiger partial charge in [0.2, 0.25) is 0 Å². The molecular formula is C32H38Cl2N6O4. The van der Waals surface area contributed by atoms with Gasteiger partial charge in [0.1, 0.15) is 23.9 Å². The Labute approximate surface area is 266 Å². The highest BCUT2D eigenvalue weighted by Crippen LogP contribution is 2.47. The predicted octanol–water partition coefficient (Wildman–Crippen LogP) is 6.22. The van der Waals surface area contributed by atoms with Crippen LogP contribution in [0.25, 0.3) is 21.8 Å². The van der Waals surface area contributed by atoms with Crippen LogP contribution in [0.2, 0.25) is 10.0 Å². The minimum atomic E-state index is -0.912. The van der Waals surface area contributed by atoms with Crippen molar-refractivity contribution in [1.29, 1.82) is 0 Å². The molecule has 6 rings (SSSR count). The third-order valence-electron chi connectivity index (χ3n) is 8.73. The fraction of sp³-hybridized carbons (Fsp3) is 0.469. The van der Waals surface area contributed by atoms with Gasteiger partial charge in [-0.1, -0.05) is 41.4 Å². The zero-order valence-corrected chi connectivity index (χ0v) is 26.6. The molecule has 12 heteroatoms. The number of anilines is 1. The van der Waals surface area contributed by atoms with Crippen molar-refractivity contribution in [2.45, 2.75) is 57.1 Å². The summed E-state index contributed by atoms with van der Waals surface area (Å²) in [6.07, 6.45) is 4.80. The van der Waals surface area contributed by atoms with Crippen LogP contribution in [-0.2, 0) is 15.9 Å². The molecule has 3 heterocycles. The molecule has 1 saturated carbocycles. The summed E-state index contributed by atoms with van der Waals surface area (Å²) < 4.78 is 15.0. The van der Waals surface area contributed by atoms with Crippen molar-refractivity contribution in [3.63, 3.8) is 0 Å². The first kappa shape index (κ1) is 30.9. The Morgan fingerprint density at radius 1 is 1.09 bits per heavy atom. The molecule has 3 N–H and O–H groups in total. The van der Waals surface area contributed by atoms with E-state index in [0.717, 1.165) is 46.2 Å². The van der Waals surface area contributed by atoms with Crippen LogP contribution in [0, 0.1) is 5.92 Å². The Kier molecular flexibility index (Phi) is 8.90. The van der Waals surface area contributed by atoms with E-state index in [1.54, 1.807) is 6.33 Å². The third kappa shape index (κ3) is 6.32. The lowest BCUT2D eigenvalue weighted by atomic mass is 10.0. The summed E-state index contributed by atoms with van der Waals surface area (Å²) in [7, 11) is 1.86. The average Bonchev–Trinajstić information content (AvgIpc) is 3.65. The molecule has 1 saturated heterocycles. The van der Waals surface area contributed by atoms with Crippen molar-refractivity contribution in [3.05, 3.63) is 64.5 Å². The molecule has 2 aliphatic rings. The second kappa shape index (κ2) is 12.7. The highest BCUT2D eigenvalue weighted by atomic mass is 35.5. The van der Waals surface area contributed by atoms with Gasteiger partial charge in [-0.3, -0.25) is 0 Å². The van der Waals surface area contributed by atoms with E-state index in [-0.39, 0.29) is 24.2 Å². The molecule has 2 aromatic heterocycles. The van der Waals surface area contributed by atoms with Crippen molar-refractivity contribution in [3.8, 4) is 0 Å². The van der Waals surface area contributed by atoms with Crippen LogP contribution in [0.1, 0.15) is 38.3 Å². The average molecular weight is 642 g/mol. The van der Waals surface area contributed by atoms with Crippen molar-refractivity contribution >= 4 is 56.9 Å². The molecule has 0 spiro atoms. The molecular weight excluding hydrogens is 603 g/mol. The number of carboxylic acid groups (broad SMARTS) is 1. The molecule has 2 aromatic carbocycles. The molecule has 0 unspecified atom stereocenters. The molecule has 2 fully saturated rings. The number of hydrogen-bond donors (Lipinski definition) is 3. The Bertz CT molecular complexity index is 1660. The summed E-state index contributed by atoms with van der Waals surface area (Å²) in [6, 6.07) is 11.9. The molecule has 1 aliphatic heterocycles. The maximum absolute atomic E-state index is 12.0. The van der Waals surface area contributed by atoms with Gasteiger partial charge in [-0.15, -0.1) is 0 Å². The number of hydrogen-bond acceptors (Lipinski definition) is 7. The van der Waals surface area contributed by atoms with Gasteiger partial charge < -0.3 is 34.7 Å². The van der Waals surface area contributed by atoms with Crippen LogP contribution in [-0.4, -0.2) is 81.9 Å². The van der Waals surface area contributed by atoms with Gasteiger partial charge in [-0.25, -0.2) is 14.8 Å². The van der Waals surface area contributed by atoms with Crippen molar-refractivity contribution < 1.29 is 19.4 Å². The monoisotopic (exact) mass is 640 g/mol. The molecule has 0 bridgehead atoms. The van der Waals surface area contributed by atoms with Crippen LogP contribution >= 0.6 is 23.2 Å². The normalized spacial score (nSPS) is 22.5. The molecule has 0 radical (unpaired) electrons. The van der Waals surface area contributed by atoms with E-state index in [0.29, 0.717) is 42.5 Å². The van der Waals surface area contributed by atoms with Crippen LogP contribution in [0.5, 0.6) is 0 Å². The summed E-state index contributed by atoms with van der Waals surface area (Å²) in [5, 5.41) is 20.5. The summed E-state index contributed by atoms with van der Waals surface area (Å²) >= 11 is 12.3. The lowest BCUT2D eigenvalue weighted by molar-refractivity contribution is -0.160. The first-order valence-electron chi connectivity index (χ1n) is 15.0. The largest absolute Gasteiger partial charge is 0.465 e. The van der Waals surface area contributed by atoms with Crippen molar-refractivity contribution in [1.82, 2.24) is 24.8 Å². The van der Waals surface area contributed by atoms with Crippen molar-refractivity contribution in [2.75, 3.05) is 38.5 Å². The fourth-order valence-corrected chi connectivity index (χ4v) is 7.01. The SMILES string of the molecule is CNc1ncnc2c1ccn2[C@@H]1C[C@H](CNCCCN(CCc2ccc3cc(Cl)c(Cl)cc3c2)C(=O)O)[C@H]2OC(C)(C)O[C@H]21. The predicted molar refractivity (Wildman–Crippen MR) is 173 cm³/mol. The summed E-state index contributed by atoms with van der Waals surface area (Å²) in [4.78, 5) is 22.4. The quantitative estimate of drug-likeness (QED) is 0.166. The number of nitrogens with one attached hydrogen (secondary N) is 2. The van der Waals surface area contributed by atoms with E-state index in [1.165, 1.54) is 4.90 Å². The number of fused-ring (bicyclic) bond motifs is 3. The molecule has 44 heavy (non-hydrogen) atoms. The second-order valence-corrected chi connectivity index (χ2v) is 12.9. The zero-order valence-electron chi connectivity index (χ0n) is 25.1. The third-order valence-corrected chi connectivity index (χ3v) is 9.45. The minimum absolute atomic E-state index is 0.0473. The van der Waals surface area contributed by atoms with Crippen LogP contribution in [0.4, 0.5) is 10.6 Å². The first-order chi connectivity index (χ1) is 21.1. The molecule has 10 nitrogen and oxygen atoms in total. The molecule has 1 aliphatic carbocycles. The van der Waals surface area contributed by atoms with Gasteiger partial charge >= 0.3 is 6.09 Å². The van der Waals surface area contributed by atoms with Gasteiger partial charge in [-0.2, -0.15) is 0 Å². The van der Waals surface area contributed by atoms with E-state index < -0.39 is 11.9 Å². The molecule has 1 amide bonds. The zero-order chi connectivity index (χ0) is 31.0. The Morgan fingerprint density at radius 2 is 1.86 bits per heavy atom. The van der Waals surface area contributed by atoms with Gasteiger partial charge in [0, 0.05) is 38.8 Å². The summed E-state index contributed by atoms with van der Waals surface area (Å²) in [6.45, 7) is 6.25. The molecule has 234 valence electrons. The number of carbonyl (C=O) groups is 1. The highest BCUT2D eigenvalue weighted by molar-refractivity contribution is 6.42. The van der Waals surface area contributed by atoms with Crippen LogP contribution in [0.3, 0.4) is 0 Å². The van der Waals surface area contributed by atoms with E-state index in [4.69, 9.17) is 32.7 Å². The minimum Gasteiger partial charge on any atom is -0.465 e. The van der Waals surface area contributed by atoms with E-state index in [9.17, 15) is 9.90 Å². The highest BCUT2D eigenvalue weighted by Gasteiger charge is 2.54. The Hall–Kier alpha value is -3.15. The molecule has 4 atom stereocenters. The first-order valence-corrected chi connectivity index (χ1v) is 15.8. The van der Waals surface area contributed by atoms with Gasteiger partial charge in [0.15, 0.2) is 5.79 Å². The topological polar surface area (TPSA) is 114 Å². The standard InChI is InChI=1S/C32H38Cl2N6O4/c1-32(2)43-27-22(16-26(28(27)44-32)40-12-8-23-29(35-3)37-18-38-30(23)40)17-36-9-4-10-39(31(41)42)11-7-19-5-6-20-14-24(33)25(34)15-21(20)13-19/h5-6,8,12-15,18,22,26-28,36H,4,7,9-11,16-17H2,1-3H3,(H,41,42)(H,35,37,38)/t22-,26-,27-,28+/m1/s1. The number of benzene rings is 2. The number of amides is 1. The van der Waals surface area contributed by atoms with Crippen LogP contribution in [0.15, 0.2) is 48.9 Å². The number of ether oxygens (including phenoxy) is 2. The smallest absolute Gasteiger partial charge is 0.407 e. The number of aromatic nitrogens is 3. The maximum Gasteiger partial charge on any atom is 0.407 e. The van der Waals surface area contributed by atoms with E-state index >= 15 is 0 Å². The Morgan fingerprint density at radius 3 is 2.64 bits per heavy atom. The summed E-state index contributed by atoms with van der Waals surface area (Å²) in [5.41, 5.74) is 1.93. The summed E-state index contributed by atoms with van der Waals surface area (Å²) in [5.74, 6) is 0.377. The van der Waals surface area contributed by atoms with Crippen molar-refractivity contribution in [2.24, 2.45) is 5.92 Å². The van der Waals surface area contributed by atoms with Gasteiger partial charge in [-0.05, 0) is 74.2 Å². The van der Waals surface area contributed by atoms with Gasteiger partial charge in [0.25, 0.3) is 0 Å². The Balaban J connectivity index is 1.03.